The number of hydrogen-bond donors (Lipinski definition) is 1. The van der Waals surface area contributed by atoms with E-state index >= 15 is 0 Å². The van der Waals surface area contributed by atoms with Gasteiger partial charge in [-0.05, 0) is 24.6 Å². The molecule has 0 saturated carbocycles. The van der Waals surface area contributed by atoms with Crippen molar-refractivity contribution in [2.24, 2.45) is 0 Å². The molecule has 0 amide bonds. The van der Waals surface area contributed by atoms with Gasteiger partial charge in [-0.1, -0.05) is 44.2 Å². The van der Waals surface area contributed by atoms with Crippen molar-refractivity contribution >= 4 is 27.4 Å². The van der Waals surface area contributed by atoms with Gasteiger partial charge in [0.05, 0.1) is 21.2 Å². The van der Waals surface area contributed by atoms with Gasteiger partial charge >= 0.3 is 5.97 Å². The molecule has 0 unspecified atom stereocenters. The molecule has 0 saturated heterocycles. The van der Waals surface area contributed by atoms with Crippen molar-refractivity contribution in [2.75, 3.05) is 5.75 Å². The third kappa shape index (κ3) is 4.80. The molecule has 0 aromatic heterocycles. The van der Waals surface area contributed by atoms with E-state index in [2.05, 4.69) is 6.92 Å². The van der Waals surface area contributed by atoms with Gasteiger partial charge in [-0.3, -0.25) is 0 Å². The van der Waals surface area contributed by atoms with E-state index in [-0.39, 0.29) is 21.2 Å². The Labute approximate surface area is 124 Å². The first-order chi connectivity index (χ1) is 9.38. The molecule has 0 aliphatic heterocycles. The van der Waals surface area contributed by atoms with Crippen LogP contribution in [0.1, 0.15) is 49.4 Å². The lowest BCUT2D eigenvalue weighted by Gasteiger charge is -2.07. The van der Waals surface area contributed by atoms with Crippen LogP contribution in [-0.2, 0) is 9.84 Å². The van der Waals surface area contributed by atoms with Crippen molar-refractivity contribution in [1.29, 1.82) is 0 Å². The zero-order chi connectivity index (χ0) is 15.2. The minimum absolute atomic E-state index is 0.000489. The predicted molar refractivity (Wildman–Crippen MR) is 79.2 cm³/mol. The van der Waals surface area contributed by atoms with Crippen LogP contribution < -0.4 is 0 Å². The molecule has 0 aliphatic rings. The minimum Gasteiger partial charge on any atom is -0.478 e. The van der Waals surface area contributed by atoms with Gasteiger partial charge in [0.1, 0.15) is 0 Å². The lowest BCUT2D eigenvalue weighted by atomic mass is 10.2. The fourth-order valence-corrected chi connectivity index (χ4v) is 3.83. The van der Waals surface area contributed by atoms with E-state index in [4.69, 9.17) is 16.7 Å². The van der Waals surface area contributed by atoms with Gasteiger partial charge in [0.15, 0.2) is 9.84 Å². The molecule has 0 spiro atoms. The van der Waals surface area contributed by atoms with Crippen LogP contribution in [0.4, 0.5) is 0 Å². The molecule has 1 rings (SSSR count). The summed E-state index contributed by atoms with van der Waals surface area (Å²) in [6.45, 7) is 2.09. The molecule has 4 nitrogen and oxygen atoms in total. The number of hydrogen-bond acceptors (Lipinski definition) is 3. The molecular formula is C14H19ClO4S. The smallest absolute Gasteiger partial charge is 0.335 e. The van der Waals surface area contributed by atoms with Crippen LogP contribution in [0, 0.1) is 0 Å². The standard InChI is InChI=1S/C14H19ClO4S/c1-2-3-4-5-6-9-20(18,19)13-10-11(14(16)17)7-8-12(13)15/h7-8,10H,2-6,9H2,1H3,(H,16,17). The monoisotopic (exact) mass is 318 g/mol. The number of unbranched alkanes of at least 4 members (excludes halogenated alkanes) is 4. The summed E-state index contributed by atoms with van der Waals surface area (Å²) >= 11 is 5.88. The zero-order valence-corrected chi connectivity index (χ0v) is 13.0. The Morgan fingerprint density at radius 3 is 2.45 bits per heavy atom. The first-order valence-electron chi connectivity index (χ1n) is 6.64. The summed E-state index contributed by atoms with van der Waals surface area (Å²) in [6.07, 6.45) is 4.61. The Morgan fingerprint density at radius 2 is 1.85 bits per heavy atom. The lowest BCUT2D eigenvalue weighted by Crippen LogP contribution is -2.09. The van der Waals surface area contributed by atoms with E-state index in [1.54, 1.807) is 0 Å². The van der Waals surface area contributed by atoms with Crippen molar-refractivity contribution in [3.05, 3.63) is 28.8 Å². The molecule has 6 heteroatoms. The molecule has 0 heterocycles. The summed E-state index contributed by atoms with van der Waals surface area (Å²) in [4.78, 5) is 10.8. The van der Waals surface area contributed by atoms with Gasteiger partial charge in [-0.25, -0.2) is 13.2 Å². The fourth-order valence-electron chi connectivity index (χ4n) is 1.88. The van der Waals surface area contributed by atoms with Crippen molar-refractivity contribution in [3.63, 3.8) is 0 Å². The average molecular weight is 319 g/mol. The summed E-state index contributed by atoms with van der Waals surface area (Å²) in [5.74, 6) is -1.17. The van der Waals surface area contributed by atoms with Crippen LogP contribution in [0.25, 0.3) is 0 Å². The van der Waals surface area contributed by atoms with E-state index < -0.39 is 15.8 Å². The summed E-state index contributed by atoms with van der Waals surface area (Å²) in [5, 5.41) is 8.97. The van der Waals surface area contributed by atoms with Crippen molar-refractivity contribution < 1.29 is 18.3 Å². The number of carboxylic acid groups (broad SMARTS) is 1. The number of carbonyl (C=O) groups is 1. The second-order valence-electron chi connectivity index (χ2n) is 4.68. The number of carboxylic acids is 1. The molecule has 1 N–H and O–H groups in total. The largest absolute Gasteiger partial charge is 0.478 e. The highest BCUT2D eigenvalue weighted by molar-refractivity contribution is 7.91. The second kappa shape index (κ2) is 7.64. The number of benzene rings is 1. The molecule has 1 aromatic carbocycles. The van der Waals surface area contributed by atoms with Gasteiger partial charge < -0.3 is 5.11 Å². The number of aromatic carboxylic acids is 1. The van der Waals surface area contributed by atoms with E-state index in [0.29, 0.717) is 6.42 Å². The van der Waals surface area contributed by atoms with Crippen LogP contribution in [0.5, 0.6) is 0 Å². The Kier molecular flexibility index (Phi) is 6.49. The summed E-state index contributed by atoms with van der Waals surface area (Å²) in [5.41, 5.74) is -0.0704. The van der Waals surface area contributed by atoms with Crippen molar-refractivity contribution in [2.45, 2.75) is 43.9 Å². The molecule has 112 valence electrons. The first kappa shape index (κ1) is 17.0. The fraction of sp³-hybridized carbons (Fsp3) is 0.500. The maximum Gasteiger partial charge on any atom is 0.335 e. The van der Waals surface area contributed by atoms with Crippen molar-refractivity contribution in [1.82, 2.24) is 0 Å². The van der Waals surface area contributed by atoms with E-state index in [1.165, 1.54) is 12.1 Å². The maximum absolute atomic E-state index is 12.2. The Morgan fingerprint density at radius 1 is 1.20 bits per heavy atom. The van der Waals surface area contributed by atoms with Crippen LogP contribution in [-0.4, -0.2) is 25.2 Å². The Hall–Kier alpha value is -1.07. The molecule has 1 aromatic rings. The van der Waals surface area contributed by atoms with Crippen LogP contribution in [0.3, 0.4) is 0 Å². The third-order valence-corrected chi connectivity index (χ3v) is 5.31. The molecule has 0 fully saturated rings. The van der Waals surface area contributed by atoms with Gasteiger partial charge in [0, 0.05) is 0 Å². The predicted octanol–water partition coefficient (Wildman–Crippen LogP) is 3.78. The number of rotatable bonds is 8. The SMILES string of the molecule is CCCCCCCS(=O)(=O)c1cc(C(=O)O)ccc1Cl. The number of sulfone groups is 1. The van der Waals surface area contributed by atoms with Gasteiger partial charge in [-0.2, -0.15) is 0 Å². The summed E-state index contributed by atoms with van der Waals surface area (Å²) in [6, 6.07) is 3.74. The normalized spacial score (nSPS) is 11.5. The van der Waals surface area contributed by atoms with Crippen LogP contribution in [0.2, 0.25) is 5.02 Å². The molecule has 20 heavy (non-hydrogen) atoms. The minimum atomic E-state index is -3.53. The topological polar surface area (TPSA) is 71.4 Å². The van der Waals surface area contributed by atoms with Gasteiger partial charge in [0.2, 0.25) is 0 Å². The van der Waals surface area contributed by atoms with E-state index in [9.17, 15) is 13.2 Å². The first-order valence-corrected chi connectivity index (χ1v) is 8.67. The quantitative estimate of drug-likeness (QED) is 0.740. The van der Waals surface area contributed by atoms with E-state index in [1.807, 2.05) is 0 Å². The molecule has 0 radical (unpaired) electrons. The summed E-state index contributed by atoms with van der Waals surface area (Å²) < 4.78 is 24.4. The Bertz CT molecular complexity index is 567. The van der Waals surface area contributed by atoms with Crippen LogP contribution in [0.15, 0.2) is 23.1 Å². The lowest BCUT2D eigenvalue weighted by molar-refractivity contribution is 0.0696. The van der Waals surface area contributed by atoms with E-state index in [0.717, 1.165) is 31.7 Å². The highest BCUT2D eigenvalue weighted by Crippen LogP contribution is 2.24. The summed E-state index contributed by atoms with van der Waals surface area (Å²) in [7, 11) is -3.53. The average Bonchev–Trinajstić information content (AvgIpc) is 2.38. The zero-order valence-electron chi connectivity index (χ0n) is 11.4. The maximum atomic E-state index is 12.2. The van der Waals surface area contributed by atoms with Crippen molar-refractivity contribution in [3.8, 4) is 0 Å². The Balaban J connectivity index is 2.81. The molecule has 0 bridgehead atoms. The van der Waals surface area contributed by atoms with Gasteiger partial charge in [0.25, 0.3) is 0 Å². The van der Waals surface area contributed by atoms with Gasteiger partial charge in [-0.15, -0.1) is 0 Å². The molecule has 0 aliphatic carbocycles. The second-order valence-corrected chi connectivity index (χ2v) is 7.17. The highest BCUT2D eigenvalue weighted by Gasteiger charge is 2.19. The molecule has 0 atom stereocenters. The molecular weight excluding hydrogens is 300 g/mol. The third-order valence-electron chi connectivity index (χ3n) is 3.03. The highest BCUT2D eigenvalue weighted by atomic mass is 35.5. The number of halogens is 1. The van der Waals surface area contributed by atoms with Crippen LogP contribution >= 0.6 is 11.6 Å².